The smallest absolute Gasteiger partial charge is 0.444 e. The van der Waals surface area contributed by atoms with E-state index in [0.717, 1.165) is 11.0 Å². The van der Waals surface area contributed by atoms with Crippen molar-refractivity contribution in [3.63, 3.8) is 0 Å². The van der Waals surface area contributed by atoms with Crippen molar-refractivity contribution in [2.45, 2.75) is 71.4 Å². The van der Waals surface area contributed by atoms with Crippen LogP contribution < -0.4 is 5.46 Å². The Kier molecular flexibility index (Phi) is 5.56. The third-order valence-electron chi connectivity index (χ3n) is 5.55. The van der Waals surface area contributed by atoms with E-state index in [9.17, 15) is 4.79 Å². The van der Waals surface area contributed by atoms with Crippen LogP contribution in [-0.2, 0) is 18.8 Å². The lowest BCUT2D eigenvalue weighted by Gasteiger charge is -2.34. The highest BCUT2D eigenvalue weighted by Crippen LogP contribution is 2.36. The first-order chi connectivity index (χ1) is 12.9. The molecule has 28 heavy (non-hydrogen) atoms. The molecule has 3 rings (SSSR count). The SMILES string of the molecule is CC(C)(C)OC(=O)N1CCO[C@H](c2ccc(B3OC(C)(C)C(C)(C)O3)cc2)C1. The van der Waals surface area contributed by atoms with Crippen molar-refractivity contribution in [1.82, 2.24) is 4.90 Å². The summed E-state index contributed by atoms with van der Waals surface area (Å²) in [5.41, 5.74) is 0.763. The molecule has 0 aliphatic carbocycles. The van der Waals surface area contributed by atoms with Gasteiger partial charge in [-0.3, -0.25) is 0 Å². The second-order valence-electron chi connectivity index (χ2n) is 9.54. The molecule has 0 N–H and O–H groups in total. The Balaban J connectivity index is 1.66. The molecule has 0 spiro atoms. The van der Waals surface area contributed by atoms with Crippen molar-refractivity contribution < 1.29 is 23.6 Å². The van der Waals surface area contributed by atoms with Crippen LogP contribution in [0.25, 0.3) is 0 Å². The molecule has 2 aliphatic rings. The van der Waals surface area contributed by atoms with E-state index in [1.165, 1.54) is 0 Å². The van der Waals surface area contributed by atoms with Crippen LogP contribution in [0.2, 0.25) is 0 Å². The van der Waals surface area contributed by atoms with E-state index in [-0.39, 0.29) is 30.5 Å². The highest BCUT2D eigenvalue weighted by molar-refractivity contribution is 6.62. The monoisotopic (exact) mass is 389 g/mol. The van der Waals surface area contributed by atoms with Gasteiger partial charge in [-0.1, -0.05) is 24.3 Å². The summed E-state index contributed by atoms with van der Waals surface area (Å²) in [6.07, 6.45) is -0.469. The van der Waals surface area contributed by atoms with E-state index in [1.807, 2.05) is 72.7 Å². The van der Waals surface area contributed by atoms with Gasteiger partial charge in [0.05, 0.1) is 24.4 Å². The van der Waals surface area contributed by atoms with Crippen molar-refractivity contribution >= 4 is 18.7 Å². The van der Waals surface area contributed by atoms with Gasteiger partial charge in [0.15, 0.2) is 0 Å². The molecule has 2 aliphatic heterocycles. The lowest BCUT2D eigenvalue weighted by Crippen LogP contribution is -2.44. The van der Waals surface area contributed by atoms with Crippen molar-refractivity contribution in [3.8, 4) is 0 Å². The molecule has 6 nitrogen and oxygen atoms in total. The van der Waals surface area contributed by atoms with Crippen molar-refractivity contribution in [3.05, 3.63) is 29.8 Å². The Bertz CT molecular complexity index is 695. The molecular formula is C21H32BNO5. The molecule has 0 bridgehead atoms. The molecular weight excluding hydrogens is 357 g/mol. The third kappa shape index (κ3) is 4.53. The molecule has 0 saturated carbocycles. The maximum Gasteiger partial charge on any atom is 0.494 e. The van der Waals surface area contributed by atoms with E-state index >= 15 is 0 Å². The lowest BCUT2D eigenvalue weighted by molar-refractivity contribution is -0.0432. The predicted octanol–water partition coefficient (Wildman–Crippen LogP) is 3.29. The first kappa shape index (κ1) is 21.2. The Morgan fingerprint density at radius 2 is 1.68 bits per heavy atom. The summed E-state index contributed by atoms with van der Waals surface area (Å²) in [5.74, 6) is 0. The minimum atomic E-state index is -0.505. The van der Waals surface area contributed by atoms with Gasteiger partial charge >= 0.3 is 13.2 Å². The minimum absolute atomic E-state index is 0.173. The molecule has 154 valence electrons. The Morgan fingerprint density at radius 1 is 1.11 bits per heavy atom. The molecule has 0 unspecified atom stereocenters. The number of morpholine rings is 1. The number of carbonyl (C=O) groups excluding carboxylic acids is 1. The first-order valence-electron chi connectivity index (χ1n) is 9.93. The molecule has 2 saturated heterocycles. The topological polar surface area (TPSA) is 57.2 Å². The number of hydrogen-bond acceptors (Lipinski definition) is 5. The van der Waals surface area contributed by atoms with Gasteiger partial charge in [-0.25, -0.2) is 4.79 Å². The average Bonchev–Trinajstić information content (AvgIpc) is 2.81. The fourth-order valence-electron chi connectivity index (χ4n) is 3.19. The summed E-state index contributed by atoms with van der Waals surface area (Å²) in [6, 6.07) is 8.05. The predicted molar refractivity (Wildman–Crippen MR) is 109 cm³/mol. The first-order valence-corrected chi connectivity index (χ1v) is 9.93. The van der Waals surface area contributed by atoms with Gasteiger partial charge in [-0.2, -0.15) is 0 Å². The summed E-state index contributed by atoms with van der Waals surface area (Å²) in [4.78, 5) is 14.1. The molecule has 1 atom stereocenters. The minimum Gasteiger partial charge on any atom is -0.444 e. The Labute approximate surface area is 168 Å². The number of rotatable bonds is 2. The number of nitrogens with zero attached hydrogens (tertiary/aromatic N) is 1. The maximum absolute atomic E-state index is 12.4. The highest BCUT2D eigenvalue weighted by atomic mass is 16.7. The van der Waals surface area contributed by atoms with E-state index in [0.29, 0.717) is 19.7 Å². The zero-order chi connectivity index (χ0) is 20.7. The average molecular weight is 389 g/mol. The second kappa shape index (κ2) is 7.36. The normalized spacial score (nSPS) is 24.3. The molecule has 2 heterocycles. The second-order valence-corrected chi connectivity index (χ2v) is 9.54. The van der Waals surface area contributed by atoms with Crippen LogP contribution in [0.4, 0.5) is 4.79 Å². The van der Waals surface area contributed by atoms with E-state index in [2.05, 4.69) is 0 Å². The quantitative estimate of drug-likeness (QED) is 0.727. The summed E-state index contributed by atoms with van der Waals surface area (Å²) in [7, 11) is -0.385. The fourth-order valence-corrected chi connectivity index (χ4v) is 3.19. The van der Waals surface area contributed by atoms with Gasteiger partial charge < -0.3 is 23.7 Å². The largest absolute Gasteiger partial charge is 0.494 e. The van der Waals surface area contributed by atoms with Crippen LogP contribution in [0.3, 0.4) is 0 Å². The molecule has 1 amide bonds. The van der Waals surface area contributed by atoms with Gasteiger partial charge in [-0.05, 0) is 59.5 Å². The van der Waals surface area contributed by atoms with Crippen LogP contribution >= 0.6 is 0 Å². The molecule has 2 fully saturated rings. The fraction of sp³-hybridized carbons (Fsp3) is 0.667. The van der Waals surface area contributed by atoms with Crippen LogP contribution in [0, 0.1) is 0 Å². The zero-order valence-corrected chi connectivity index (χ0v) is 18.1. The number of amides is 1. The van der Waals surface area contributed by atoms with Gasteiger partial charge in [0.2, 0.25) is 0 Å². The van der Waals surface area contributed by atoms with Crippen LogP contribution in [0.5, 0.6) is 0 Å². The van der Waals surface area contributed by atoms with E-state index in [4.69, 9.17) is 18.8 Å². The number of carbonyl (C=O) groups is 1. The van der Waals surface area contributed by atoms with E-state index < -0.39 is 5.60 Å². The summed E-state index contributed by atoms with van der Waals surface area (Å²) >= 11 is 0. The van der Waals surface area contributed by atoms with E-state index in [1.54, 1.807) is 4.90 Å². The molecule has 7 heteroatoms. The van der Waals surface area contributed by atoms with Crippen LogP contribution in [0.1, 0.15) is 60.1 Å². The highest BCUT2D eigenvalue weighted by Gasteiger charge is 2.51. The third-order valence-corrected chi connectivity index (χ3v) is 5.55. The van der Waals surface area contributed by atoms with Crippen LogP contribution in [0.15, 0.2) is 24.3 Å². The Hall–Kier alpha value is -1.57. The van der Waals surface area contributed by atoms with Gasteiger partial charge in [0.1, 0.15) is 11.7 Å². The summed E-state index contributed by atoms with van der Waals surface area (Å²) in [6.45, 7) is 15.3. The maximum atomic E-state index is 12.4. The standard InChI is InChI=1S/C21H32BNO5/c1-19(2,3)26-18(24)23-12-13-25-17(14-23)15-8-10-16(11-9-15)22-27-20(4,5)21(6,7)28-22/h8-11,17H,12-14H2,1-7H3/t17-/m0/s1. The Morgan fingerprint density at radius 3 is 2.21 bits per heavy atom. The molecule has 0 aromatic heterocycles. The molecule has 1 aromatic rings. The van der Waals surface area contributed by atoms with Gasteiger partial charge in [0, 0.05) is 6.54 Å². The lowest BCUT2D eigenvalue weighted by atomic mass is 9.78. The summed E-state index contributed by atoms with van der Waals surface area (Å²) in [5, 5.41) is 0. The van der Waals surface area contributed by atoms with Crippen LogP contribution in [-0.4, -0.2) is 54.6 Å². The van der Waals surface area contributed by atoms with Crippen molar-refractivity contribution in [2.75, 3.05) is 19.7 Å². The number of hydrogen-bond donors (Lipinski definition) is 0. The van der Waals surface area contributed by atoms with Gasteiger partial charge in [-0.15, -0.1) is 0 Å². The molecule has 0 radical (unpaired) electrons. The number of benzene rings is 1. The molecule has 1 aromatic carbocycles. The number of ether oxygens (including phenoxy) is 2. The van der Waals surface area contributed by atoms with Crippen molar-refractivity contribution in [2.24, 2.45) is 0 Å². The van der Waals surface area contributed by atoms with Gasteiger partial charge in [0.25, 0.3) is 0 Å². The summed E-state index contributed by atoms with van der Waals surface area (Å²) < 4.78 is 23.6. The van der Waals surface area contributed by atoms with Crippen molar-refractivity contribution in [1.29, 1.82) is 0 Å². The zero-order valence-electron chi connectivity index (χ0n) is 18.1.